The Hall–Kier alpha value is -1.01. The van der Waals surface area contributed by atoms with Gasteiger partial charge in [-0.25, -0.2) is 0 Å². The van der Waals surface area contributed by atoms with Crippen LogP contribution in [0.25, 0.3) is 0 Å². The number of hydrogen-bond donors (Lipinski definition) is 1. The van der Waals surface area contributed by atoms with E-state index in [0.717, 1.165) is 25.7 Å². The highest BCUT2D eigenvalue weighted by Crippen LogP contribution is 2.09. The number of carboxylic acid groups (broad SMARTS) is 1. The van der Waals surface area contributed by atoms with Gasteiger partial charge in [0.2, 0.25) is 0 Å². The van der Waals surface area contributed by atoms with Gasteiger partial charge in [0.1, 0.15) is 0 Å². The van der Waals surface area contributed by atoms with Gasteiger partial charge in [-0.2, -0.15) is 0 Å². The predicted octanol–water partition coefficient (Wildman–Crippen LogP) is 5.87. The quantitative estimate of drug-likeness (QED) is 0.319. The first-order chi connectivity index (χ1) is 9.77. The van der Waals surface area contributed by atoms with Crippen molar-refractivity contribution in [3.8, 4) is 0 Å². The topological polar surface area (TPSA) is 37.3 Å². The summed E-state index contributed by atoms with van der Waals surface area (Å²) in [5.74, 6) is -0.695. The van der Waals surface area contributed by atoms with Gasteiger partial charge < -0.3 is 5.11 Å². The lowest BCUT2D eigenvalue weighted by Crippen LogP contribution is -1.92. The van der Waals surface area contributed by atoms with Crippen LogP contribution in [0.3, 0.4) is 0 Å². The van der Waals surface area contributed by atoms with E-state index in [1.54, 1.807) is 0 Å². The molecule has 0 rings (SSSR count). The molecule has 0 saturated carbocycles. The van der Waals surface area contributed by atoms with Crippen LogP contribution in [0.1, 0.15) is 90.4 Å². The monoisotopic (exact) mass is 280 g/mol. The van der Waals surface area contributed by atoms with Crippen LogP contribution in [0.4, 0.5) is 0 Å². The van der Waals surface area contributed by atoms with Gasteiger partial charge in [0.15, 0.2) is 0 Å². The average molecular weight is 280 g/mol. The van der Waals surface area contributed by atoms with Crippen LogP contribution >= 0.6 is 0 Å². The Morgan fingerprint density at radius 2 is 1.35 bits per heavy atom. The number of carbonyl (C=O) groups is 1. The minimum Gasteiger partial charge on any atom is -0.481 e. The van der Waals surface area contributed by atoms with E-state index in [0.29, 0.717) is 0 Å². The zero-order valence-electron chi connectivity index (χ0n) is 13.2. The normalized spacial score (nSPS) is 10.1. The second kappa shape index (κ2) is 16.0. The molecule has 0 bridgehead atoms. The number of rotatable bonds is 14. The van der Waals surface area contributed by atoms with Crippen molar-refractivity contribution in [1.82, 2.24) is 0 Å². The fourth-order valence-electron chi connectivity index (χ4n) is 2.15. The highest BCUT2D eigenvalue weighted by Gasteiger charge is 1.94. The lowest BCUT2D eigenvalue weighted by molar-refractivity contribution is -0.137. The molecule has 116 valence electrons. The van der Waals surface area contributed by atoms with Gasteiger partial charge >= 0.3 is 5.97 Å². The van der Waals surface area contributed by atoms with E-state index in [1.807, 2.05) is 6.08 Å². The third-order valence-electron chi connectivity index (χ3n) is 3.43. The van der Waals surface area contributed by atoms with E-state index in [1.165, 1.54) is 51.4 Å². The standard InChI is InChI=1S/C18H32O2/c1-2-3-4-5-6-7-8-9-10-11-12-13-14-15-16-17-18(19)20/h11,13H,2-10,14-17H2,1H3,(H,19,20). The maximum atomic E-state index is 10.3. The number of aliphatic carboxylic acids is 1. The highest BCUT2D eigenvalue weighted by atomic mass is 16.4. The average Bonchev–Trinajstić information content (AvgIpc) is 2.43. The van der Waals surface area contributed by atoms with Gasteiger partial charge in [0.25, 0.3) is 0 Å². The zero-order valence-corrected chi connectivity index (χ0v) is 13.2. The van der Waals surface area contributed by atoms with E-state index in [-0.39, 0.29) is 6.42 Å². The third-order valence-corrected chi connectivity index (χ3v) is 3.43. The number of hydrogen-bond acceptors (Lipinski definition) is 1. The summed E-state index contributed by atoms with van der Waals surface area (Å²) in [7, 11) is 0. The first kappa shape index (κ1) is 19.0. The third kappa shape index (κ3) is 17.0. The van der Waals surface area contributed by atoms with Crippen molar-refractivity contribution in [1.29, 1.82) is 0 Å². The second-order valence-electron chi connectivity index (χ2n) is 5.48. The van der Waals surface area contributed by atoms with Gasteiger partial charge in [0, 0.05) is 6.42 Å². The summed E-state index contributed by atoms with van der Waals surface area (Å²) in [6.07, 6.45) is 19.1. The van der Waals surface area contributed by atoms with Crippen LogP contribution in [0.15, 0.2) is 17.9 Å². The molecule has 0 aromatic heterocycles. The Morgan fingerprint density at radius 3 is 1.90 bits per heavy atom. The van der Waals surface area contributed by atoms with Crippen LogP contribution in [0.2, 0.25) is 0 Å². The Morgan fingerprint density at radius 1 is 0.850 bits per heavy atom. The van der Waals surface area contributed by atoms with Gasteiger partial charge in [-0.3, -0.25) is 4.79 Å². The van der Waals surface area contributed by atoms with Crippen LogP contribution < -0.4 is 0 Å². The number of allylic oxidation sites excluding steroid dienone is 1. The summed E-state index contributed by atoms with van der Waals surface area (Å²) in [6.45, 7) is 2.26. The summed E-state index contributed by atoms with van der Waals surface area (Å²) < 4.78 is 0. The highest BCUT2D eigenvalue weighted by molar-refractivity contribution is 5.66. The SMILES string of the molecule is CCCCCCCCCCC=C=CCCCCC(=O)O. The van der Waals surface area contributed by atoms with E-state index in [9.17, 15) is 4.79 Å². The maximum Gasteiger partial charge on any atom is 0.303 e. The van der Waals surface area contributed by atoms with E-state index >= 15 is 0 Å². The van der Waals surface area contributed by atoms with Crippen molar-refractivity contribution in [2.45, 2.75) is 90.4 Å². The summed E-state index contributed by atoms with van der Waals surface area (Å²) in [5, 5.41) is 8.49. The van der Waals surface area contributed by atoms with E-state index in [2.05, 4.69) is 18.7 Å². The van der Waals surface area contributed by atoms with Crippen molar-refractivity contribution in [3.05, 3.63) is 17.9 Å². The first-order valence-electron chi connectivity index (χ1n) is 8.38. The van der Waals surface area contributed by atoms with Crippen molar-refractivity contribution >= 4 is 5.97 Å². The van der Waals surface area contributed by atoms with Crippen molar-refractivity contribution in [3.63, 3.8) is 0 Å². The molecule has 0 aliphatic carbocycles. The molecule has 0 radical (unpaired) electrons. The maximum absolute atomic E-state index is 10.3. The molecule has 2 nitrogen and oxygen atoms in total. The molecule has 0 amide bonds. The summed E-state index contributed by atoms with van der Waals surface area (Å²) in [4.78, 5) is 10.3. The summed E-state index contributed by atoms with van der Waals surface area (Å²) in [6, 6.07) is 0. The molecule has 0 unspecified atom stereocenters. The molecule has 0 fully saturated rings. The first-order valence-corrected chi connectivity index (χ1v) is 8.38. The molecule has 0 aliphatic heterocycles. The largest absolute Gasteiger partial charge is 0.481 e. The number of carboxylic acids is 1. The lowest BCUT2D eigenvalue weighted by atomic mass is 10.1. The smallest absolute Gasteiger partial charge is 0.303 e. The van der Waals surface area contributed by atoms with Gasteiger partial charge in [-0.1, -0.05) is 51.9 Å². The minimum atomic E-state index is -0.695. The van der Waals surface area contributed by atoms with Crippen LogP contribution in [0.5, 0.6) is 0 Å². The van der Waals surface area contributed by atoms with Crippen LogP contribution in [-0.4, -0.2) is 11.1 Å². The Labute approximate surface area is 125 Å². The minimum absolute atomic E-state index is 0.288. The fraction of sp³-hybridized carbons (Fsp3) is 0.778. The van der Waals surface area contributed by atoms with Crippen molar-refractivity contribution in [2.24, 2.45) is 0 Å². The van der Waals surface area contributed by atoms with E-state index < -0.39 is 5.97 Å². The van der Waals surface area contributed by atoms with Gasteiger partial charge in [-0.05, 0) is 44.3 Å². The van der Waals surface area contributed by atoms with E-state index in [4.69, 9.17) is 5.11 Å². The molecule has 0 aliphatic rings. The Bertz CT molecular complexity index is 275. The van der Waals surface area contributed by atoms with Crippen LogP contribution in [0, 0.1) is 0 Å². The van der Waals surface area contributed by atoms with Crippen LogP contribution in [-0.2, 0) is 4.79 Å². The molecule has 20 heavy (non-hydrogen) atoms. The van der Waals surface area contributed by atoms with Gasteiger partial charge in [0.05, 0.1) is 0 Å². The molecule has 0 aromatic rings. The van der Waals surface area contributed by atoms with Crippen molar-refractivity contribution in [2.75, 3.05) is 0 Å². The molecule has 0 saturated heterocycles. The van der Waals surface area contributed by atoms with Gasteiger partial charge in [-0.15, -0.1) is 5.73 Å². The van der Waals surface area contributed by atoms with Crippen molar-refractivity contribution < 1.29 is 9.90 Å². The molecule has 0 aromatic carbocycles. The number of unbranched alkanes of at least 4 members (excludes halogenated alkanes) is 10. The summed E-state index contributed by atoms with van der Waals surface area (Å²) in [5.41, 5.74) is 3.19. The fourth-order valence-corrected chi connectivity index (χ4v) is 2.15. The Balaban J connectivity index is 3.20. The molecule has 2 heteroatoms. The molecular weight excluding hydrogens is 248 g/mol. The molecule has 0 spiro atoms. The second-order valence-corrected chi connectivity index (χ2v) is 5.48. The predicted molar refractivity (Wildman–Crippen MR) is 86.0 cm³/mol. The Kier molecular flexibility index (Phi) is 15.2. The molecular formula is C18H32O2. The molecule has 1 N–H and O–H groups in total. The molecule has 0 atom stereocenters. The zero-order chi connectivity index (χ0) is 14.9. The summed E-state index contributed by atoms with van der Waals surface area (Å²) >= 11 is 0. The molecule has 0 heterocycles. The lowest BCUT2D eigenvalue weighted by Gasteiger charge is -1.99.